The monoisotopic (exact) mass is 314 g/mol. The number of halogens is 1. The molecule has 2 rings (SSSR count). The number of hydrogen-bond donors (Lipinski definition) is 1. The first-order valence-corrected chi connectivity index (χ1v) is 7.89. The molecule has 1 N–H and O–H groups in total. The summed E-state index contributed by atoms with van der Waals surface area (Å²) in [5.41, 5.74) is 0. The summed E-state index contributed by atoms with van der Waals surface area (Å²) in [6, 6.07) is 8.33. The fourth-order valence-corrected chi connectivity index (χ4v) is 2.93. The average Bonchev–Trinajstić information content (AvgIpc) is 2.92. The number of nitrogens with one attached hydrogen (secondary N) is 1. The third kappa shape index (κ3) is 5.14. The smallest absolute Gasteiger partial charge is 0.241 e. The molecule has 1 aromatic carbocycles. The van der Waals surface area contributed by atoms with Gasteiger partial charge in [0.05, 0.1) is 18.0 Å². The van der Waals surface area contributed by atoms with Crippen LogP contribution in [0.5, 0.6) is 0 Å². The Morgan fingerprint density at radius 3 is 2.40 bits per heavy atom. The van der Waals surface area contributed by atoms with Crippen LogP contribution >= 0.6 is 12.4 Å². The highest BCUT2D eigenvalue weighted by Gasteiger charge is 2.11. The normalized spacial score (nSPS) is 15.2. The Morgan fingerprint density at radius 2 is 1.75 bits per heavy atom. The molecule has 6 heteroatoms. The molecule has 0 saturated carbocycles. The van der Waals surface area contributed by atoms with Crippen molar-refractivity contribution in [1.29, 1.82) is 0 Å². The summed E-state index contributed by atoms with van der Waals surface area (Å²) in [5, 5.41) is 0. The Morgan fingerprint density at radius 1 is 1.10 bits per heavy atom. The summed E-state index contributed by atoms with van der Waals surface area (Å²) in [7, 11) is -3.43. The highest BCUT2D eigenvalue weighted by molar-refractivity contribution is 7.89. The number of rotatable bonds is 4. The van der Waals surface area contributed by atoms with Gasteiger partial charge < -0.3 is 0 Å². The van der Waals surface area contributed by atoms with Crippen LogP contribution in [0.2, 0.25) is 0 Å². The van der Waals surface area contributed by atoms with Crippen molar-refractivity contribution in [2.24, 2.45) is 0 Å². The van der Waals surface area contributed by atoms with Crippen LogP contribution in [-0.2, 0) is 10.0 Å². The van der Waals surface area contributed by atoms with Gasteiger partial charge in [-0.15, -0.1) is 12.4 Å². The van der Waals surface area contributed by atoms with Gasteiger partial charge in [-0.05, 0) is 38.1 Å². The van der Waals surface area contributed by atoms with E-state index in [1.165, 1.54) is 12.8 Å². The molecule has 4 nitrogen and oxygen atoms in total. The summed E-state index contributed by atoms with van der Waals surface area (Å²) in [6.45, 7) is 3.09. The zero-order valence-corrected chi connectivity index (χ0v) is 12.8. The van der Waals surface area contributed by atoms with E-state index in [4.69, 9.17) is 0 Å². The lowest BCUT2D eigenvalue weighted by atomic mass is 10.4. The standard InChI is InChI=1S/C14H18N2O2S.ClH/c17-19(18,14-8-2-1-3-9-14)15-10-4-5-11-16-12-6-7-13-16;/h1-3,8-9,15H,6-7,10-13H2;1H. The van der Waals surface area contributed by atoms with Crippen LogP contribution in [-0.4, -0.2) is 39.5 Å². The maximum atomic E-state index is 11.9. The van der Waals surface area contributed by atoms with Gasteiger partial charge in [0, 0.05) is 0 Å². The van der Waals surface area contributed by atoms with Crippen molar-refractivity contribution in [2.45, 2.75) is 17.7 Å². The number of nitrogens with zero attached hydrogens (tertiary/aromatic N) is 1. The van der Waals surface area contributed by atoms with Crippen molar-refractivity contribution in [2.75, 3.05) is 26.2 Å². The summed E-state index contributed by atoms with van der Waals surface area (Å²) in [5.74, 6) is 5.86. The zero-order chi connectivity index (χ0) is 13.6. The zero-order valence-electron chi connectivity index (χ0n) is 11.2. The molecule has 0 atom stereocenters. The van der Waals surface area contributed by atoms with Gasteiger partial charge in [-0.25, -0.2) is 8.42 Å². The molecule has 0 aromatic heterocycles. The Hall–Kier alpha value is -1.06. The highest BCUT2D eigenvalue weighted by Crippen LogP contribution is 2.06. The number of hydrogen-bond acceptors (Lipinski definition) is 3. The molecule has 1 aromatic rings. The van der Waals surface area contributed by atoms with Crippen molar-refractivity contribution in [1.82, 2.24) is 9.62 Å². The van der Waals surface area contributed by atoms with Crippen molar-refractivity contribution < 1.29 is 8.42 Å². The third-order valence-corrected chi connectivity index (χ3v) is 4.45. The van der Waals surface area contributed by atoms with E-state index in [9.17, 15) is 8.42 Å². The molecule has 0 bridgehead atoms. The minimum atomic E-state index is -3.43. The van der Waals surface area contributed by atoms with Crippen LogP contribution in [0, 0.1) is 11.8 Å². The number of sulfonamides is 1. The quantitative estimate of drug-likeness (QED) is 0.857. The van der Waals surface area contributed by atoms with Crippen molar-refractivity contribution >= 4 is 22.4 Å². The Bertz CT molecular complexity index is 558. The van der Waals surface area contributed by atoms with Crippen LogP contribution in [0.1, 0.15) is 12.8 Å². The molecule has 1 saturated heterocycles. The molecule has 0 aliphatic carbocycles. The van der Waals surface area contributed by atoms with Gasteiger partial charge in [0.25, 0.3) is 0 Å². The third-order valence-electron chi connectivity index (χ3n) is 3.03. The average molecular weight is 315 g/mol. The summed E-state index contributed by atoms with van der Waals surface area (Å²) in [4.78, 5) is 2.55. The minimum Gasteiger partial charge on any atom is -0.292 e. The SMILES string of the molecule is Cl.O=S(=O)(NCC#CCN1CCCC1)c1ccccc1. The molecule has 0 amide bonds. The minimum absolute atomic E-state index is 0. The van der Waals surface area contributed by atoms with Crippen LogP contribution < -0.4 is 4.72 Å². The van der Waals surface area contributed by atoms with E-state index >= 15 is 0 Å². The molecule has 110 valence electrons. The Kier molecular flexibility index (Phi) is 7.03. The lowest BCUT2D eigenvalue weighted by Crippen LogP contribution is -2.24. The van der Waals surface area contributed by atoms with Gasteiger partial charge in [-0.2, -0.15) is 4.72 Å². The molecule has 0 unspecified atom stereocenters. The van der Waals surface area contributed by atoms with Crippen molar-refractivity contribution in [3.8, 4) is 11.8 Å². The second-order valence-corrected chi connectivity index (χ2v) is 6.24. The molecule has 1 aliphatic rings. The van der Waals surface area contributed by atoms with Gasteiger partial charge in [-0.1, -0.05) is 30.0 Å². The second kappa shape index (κ2) is 8.28. The van der Waals surface area contributed by atoms with Crippen LogP contribution in [0.4, 0.5) is 0 Å². The first-order valence-electron chi connectivity index (χ1n) is 6.41. The van der Waals surface area contributed by atoms with Crippen molar-refractivity contribution in [3.05, 3.63) is 30.3 Å². The topological polar surface area (TPSA) is 49.4 Å². The molecule has 20 heavy (non-hydrogen) atoms. The lowest BCUT2D eigenvalue weighted by molar-refractivity contribution is 0.383. The fraction of sp³-hybridized carbons (Fsp3) is 0.429. The van der Waals surface area contributed by atoms with E-state index in [1.807, 2.05) is 0 Å². The molecule has 1 aliphatic heterocycles. The number of likely N-dealkylation sites (tertiary alicyclic amines) is 1. The largest absolute Gasteiger partial charge is 0.292 e. The first-order chi connectivity index (χ1) is 9.18. The van der Waals surface area contributed by atoms with E-state index in [0.717, 1.165) is 19.6 Å². The maximum absolute atomic E-state index is 11.9. The molecular formula is C14H19ClN2O2S. The second-order valence-electron chi connectivity index (χ2n) is 4.47. The Balaban J connectivity index is 0.00000200. The maximum Gasteiger partial charge on any atom is 0.241 e. The molecule has 0 radical (unpaired) electrons. The number of benzene rings is 1. The lowest BCUT2D eigenvalue weighted by Gasteiger charge is -2.08. The van der Waals surface area contributed by atoms with Crippen LogP contribution in [0.15, 0.2) is 35.2 Å². The van der Waals surface area contributed by atoms with E-state index < -0.39 is 10.0 Å². The van der Waals surface area contributed by atoms with Gasteiger partial charge in [0.1, 0.15) is 0 Å². The van der Waals surface area contributed by atoms with E-state index in [-0.39, 0.29) is 23.8 Å². The summed E-state index contributed by atoms with van der Waals surface area (Å²) in [6.07, 6.45) is 2.48. The van der Waals surface area contributed by atoms with Gasteiger partial charge >= 0.3 is 0 Å². The van der Waals surface area contributed by atoms with Gasteiger partial charge in [-0.3, -0.25) is 4.90 Å². The van der Waals surface area contributed by atoms with Crippen LogP contribution in [0.25, 0.3) is 0 Å². The predicted octanol–water partition coefficient (Wildman–Crippen LogP) is 1.49. The molecule has 1 fully saturated rings. The first kappa shape index (κ1) is 17.0. The van der Waals surface area contributed by atoms with Crippen LogP contribution in [0.3, 0.4) is 0 Å². The fourth-order valence-electron chi connectivity index (χ4n) is 1.99. The van der Waals surface area contributed by atoms with Gasteiger partial charge in [0.15, 0.2) is 0 Å². The molecule has 1 heterocycles. The summed E-state index contributed by atoms with van der Waals surface area (Å²) < 4.78 is 26.2. The van der Waals surface area contributed by atoms with E-state index in [1.54, 1.807) is 30.3 Å². The molecular weight excluding hydrogens is 296 g/mol. The van der Waals surface area contributed by atoms with Gasteiger partial charge in [0.2, 0.25) is 10.0 Å². The van der Waals surface area contributed by atoms with E-state index in [2.05, 4.69) is 21.5 Å². The summed E-state index contributed by atoms with van der Waals surface area (Å²) >= 11 is 0. The predicted molar refractivity (Wildman–Crippen MR) is 82.3 cm³/mol. The highest BCUT2D eigenvalue weighted by atomic mass is 35.5. The Labute approximate surface area is 127 Å². The molecule has 0 spiro atoms. The van der Waals surface area contributed by atoms with E-state index in [0.29, 0.717) is 0 Å². The van der Waals surface area contributed by atoms with Crippen molar-refractivity contribution in [3.63, 3.8) is 0 Å².